The molecule has 0 saturated heterocycles. The lowest BCUT2D eigenvalue weighted by Crippen LogP contribution is -2.69. The average Bonchev–Trinajstić information content (AvgIpc) is 3.27. The smallest absolute Gasteiger partial charge is 0.480 e. The lowest BCUT2D eigenvalue weighted by Gasteiger charge is -2.62. The number of alkyl carbamates (subject to hydrolysis) is 1. The van der Waals surface area contributed by atoms with Crippen LogP contribution in [0.3, 0.4) is 0 Å². The second-order valence-corrected chi connectivity index (χ2v) is 13.6. The van der Waals surface area contributed by atoms with E-state index in [9.17, 15) is 54.5 Å². The van der Waals surface area contributed by atoms with Gasteiger partial charge in [-0.05, 0) is 68.4 Å². The minimum Gasteiger partial charge on any atom is -0.480 e. The Morgan fingerprint density at radius 2 is 1.78 bits per heavy atom. The number of aliphatic hydroxyl groups is 3. The molecule has 9 atom stereocenters. The third kappa shape index (κ3) is 6.42. The number of hydrogen-bond acceptors (Lipinski definition) is 14. The fourth-order valence-corrected chi connectivity index (χ4v) is 8.39. The summed E-state index contributed by atoms with van der Waals surface area (Å²) in [6.45, 7) is 0.607. The maximum Gasteiger partial charge on any atom is 0.513 e. The van der Waals surface area contributed by atoms with E-state index in [-0.39, 0.29) is 31.0 Å². The van der Waals surface area contributed by atoms with Crippen molar-refractivity contribution in [1.82, 2.24) is 5.32 Å². The molecule has 3 saturated carbocycles. The molecule has 0 bridgehead atoms. The lowest BCUT2D eigenvalue weighted by atomic mass is 9.44. The Morgan fingerprint density at radius 1 is 1.10 bits per heavy atom. The Balaban J connectivity index is 1.18. The van der Waals surface area contributed by atoms with Crippen LogP contribution < -0.4 is 10.1 Å². The number of aliphatic carboxylic acids is 1. The summed E-state index contributed by atoms with van der Waals surface area (Å²) in [7, 11) is 0. The summed E-state index contributed by atoms with van der Waals surface area (Å²) >= 11 is 0. The van der Waals surface area contributed by atoms with E-state index in [0.717, 1.165) is 0 Å². The summed E-state index contributed by atoms with van der Waals surface area (Å²) in [5.41, 5.74) is -6.89. The van der Waals surface area contributed by atoms with Crippen molar-refractivity contribution in [1.29, 1.82) is 0 Å². The molecule has 51 heavy (non-hydrogen) atoms. The number of rotatable bonds is 11. The first-order valence-electron chi connectivity index (χ1n) is 16.0. The number of Topliss-reactive ketones (excluding diaryl/α,β-unsaturated/α-hetero) is 1. The number of fused-ring (bicyclic) bond motifs is 5. The Morgan fingerprint density at radius 3 is 2.43 bits per heavy atom. The molecule has 4 aliphatic rings. The minimum absolute atomic E-state index is 0.0603. The number of benzene rings is 1. The van der Waals surface area contributed by atoms with Crippen molar-refractivity contribution in [3.63, 3.8) is 0 Å². The van der Waals surface area contributed by atoms with Crippen LogP contribution in [0.2, 0.25) is 0 Å². The number of nitrogens with one attached hydrogen (secondary N) is 1. The SMILES string of the molecule is C[C@]12C=CC(=O)C=C1CC[C@H]1[C@@H]3C[C@@H](O)[C@](O)(C(=O)COC(=O)NC(COC(=O)Oc4ccc(CO[N+](=O)[O-])cc4)C(=O)O)[C@@]3(C)C[C@H](O)[C@@]12F. The zero-order valence-electron chi connectivity index (χ0n) is 27.5. The van der Waals surface area contributed by atoms with Crippen LogP contribution in [-0.2, 0) is 35.3 Å². The van der Waals surface area contributed by atoms with Crippen LogP contribution >= 0.6 is 0 Å². The van der Waals surface area contributed by atoms with Gasteiger partial charge in [-0.15, -0.1) is 10.1 Å². The van der Waals surface area contributed by atoms with Crippen LogP contribution in [0, 0.1) is 32.8 Å². The average molecular weight is 721 g/mol. The second kappa shape index (κ2) is 13.6. The van der Waals surface area contributed by atoms with E-state index in [1.54, 1.807) is 6.92 Å². The lowest BCUT2D eigenvalue weighted by molar-refractivity contribution is -0.763. The Hall–Kier alpha value is -4.94. The molecular weight excluding hydrogens is 683 g/mol. The highest BCUT2D eigenvalue weighted by atomic mass is 19.1. The van der Waals surface area contributed by atoms with Crippen LogP contribution in [0.25, 0.3) is 0 Å². The Bertz CT molecular complexity index is 1680. The third-order valence-electron chi connectivity index (χ3n) is 11.0. The number of allylic oxidation sites excluding steroid dienone is 4. The molecule has 5 N–H and O–H groups in total. The van der Waals surface area contributed by atoms with E-state index in [4.69, 9.17) is 14.2 Å². The first-order valence-corrected chi connectivity index (χ1v) is 16.0. The summed E-state index contributed by atoms with van der Waals surface area (Å²) in [5, 5.41) is 55.0. The monoisotopic (exact) mass is 720 g/mol. The van der Waals surface area contributed by atoms with Crippen molar-refractivity contribution in [2.24, 2.45) is 22.7 Å². The fraction of sp³-hybridized carbons (Fsp3) is 0.545. The van der Waals surface area contributed by atoms with Crippen LogP contribution in [0.15, 0.2) is 48.1 Å². The number of nitrogens with zero attached hydrogens (tertiary/aromatic N) is 1. The zero-order valence-corrected chi connectivity index (χ0v) is 27.5. The van der Waals surface area contributed by atoms with E-state index in [2.05, 4.69) is 4.84 Å². The number of halogens is 1. The van der Waals surface area contributed by atoms with E-state index in [1.165, 1.54) is 49.4 Å². The minimum atomic E-state index is -2.59. The second-order valence-electron chi connectivity index (χ2n) is 13.6. The molecule has 4 aliphatic carbocycles. The molecule has 1 aromatic rings. The van der Waals surface area contributed by atoms with Gasteiger partial charge >= 0.3 is 18.2 Å². The molecule has 17 nitrogen and oxygen atoms in total. The summed E-state index contributed by atoms with van der Waals surface area (Å²) in [4.78, 5) is 76.4. The maximum absolute atomic E-state index is 17.3. The first kappa shape index (κ1) is 37.3. The molecule has 5 rings (SSSR count). The van der Waals surface area contributed by atoms with Gasteiger partial charge in [-0.3, -0.25) is 9.59 Å². The van der Waals surface area contributed by atoms with Gasteiger partial charge in [-0.1, -0.05) is 30.7 Å². The fourth-order valence-electron chi connectivity index (χ4n) is 8.39. The Labute approximate surface area is 289 Å². The molecule has 1 aromatic carbocycles. The standard InChI is InChI=1S/C33H37FN2O15/c1-30-10-9-19(37)11-18(30)5-8-21-22-12-24(38)33(45,31(22,2)13-25(39)32(21,30)34)26(40)16-48-28(43)35-23(27(41)42)15-49-29(44)51-20-6-3-17(4-7-20)14-50-36(46)47/h3-4,6-7,9-11,21-25,38-39,45H,5,8,12-16H2,1-2H3,(H,35,43)(H,41,42)/t21-,22-,23?,24+,25-,30-,31-,32-,33-/m0/s1. The summed E-state index contributed by atoms with van der Waals surface area (Å²) in [6.07, 6.45) is -2.39. The van der Waals surface area contributed by atoms with Crippen molar-refractivity contribution in [3.8, 4) is 5.75 Å². The van der Waals surface area contributed by atoms with E-state index in [0.29, 0.717) is 17.6 Å². The topological polar surface area (TPSA) is 258 Å². The van der Waals surface area contributed by atoms with Crippen LogP contribution in [0.1, 0.15) is 45.1 Å². The van der Waals surface area contributed by atoms with Gasteiger partial charge in [0.05, 0.1) is 12.2 Å². The number of ketones is 2. The van der Waals surface area contributed by atoms with E-state index >= 15 is 4.39 Å². The first-order chi connectivity index (χ1) is 23.9. The highest BCUT2D eigenvalue weighted by molar-refractivity contribution is 6.01. The molecule has 0 spiro atoms. The number of carbonyl (C=O) groups excluding carboxylic acids is 4. The number of carboxylic acid groups (broad SMARTS) is 1. The molecule has 3 fully saturated rings. The van der Waals surface area contributed by atoms with Crippen LogP contribution in [-0.4, -0.2) is 98.0 Å². The van der Waals surface area contributed by atoms with E-state index in [1.807, 2.05) is 5.32 Å². The van der Waals surface area contributed by atoms with Crippen molar-refractivity contribution in [2.45, 2.75) is 75.7 Å². The van der Waals surface area contributed by atoms with Crippen molar-refractivity contribution >= 4 is 29.8 Å². The molecule has 0 aromatic heterocycles. The normalized spacial score (nSPS) is 34.1. The number of ether oxygens (including phenoxy) is 3. The number of hydrogen-bond donors (Lipinski definition) is 5. The quantitative estimate of drug-likeness (QED) is 0.0944. The van der Waals surface area contributed by atoms with Gasteiger partial charge in [0, 0.05) is 16.7 Å². The zero-order chi connectivity index (χ0) is 37.5. The molecule has 0 radical (unpaired) electrons. The van der Waals surface area contributed by atoms with Crippen molar-refractivity contribution in [3.05, 3.63) is 63.7 Å². The predicted molar refractivity (Wildman–Crippen MR) is 166 cm³/mol. The van der Waals surface area contributed by atoms with Gasteiger partial charge in [0.15, 0.2) is 29.7 Å². The summed E-state index contributed by atoms with van der Waals surface area (Å²) in [5.74, 6) is -4.92. The molecule has 1 amide bonds. The number of amides is 1. The molecule has 0 heterocycles. The number of carboxylic acids is 1. The van der Waals surface area contributed by atoms with Gasteiger partial charge in [-0.2, -0.15) is 0 Å². The third-order valence-corrected chi connectivity index (χ3v) is 11.0. The largest absolute Gasteiger partial charge is 0.513 e. The van der Waals surface area contributed by atoms with Gasteiger partial charge in [-0.25, -0.2) is 18.8 Å². The van der Waals surface area contributed by atoms with Crippen molar-refractivity contribution in [2.75, 3.05) is 13.2 Å². The van der Waals surface area contributed by atoms with Gasteiger partial charge < -0.3 is 44.8 Å². The predicted octanol–water partition coefficient (Wildman–Crippen LogP) is 1.73. The maximum atomic E-state index is 17.3. The van der Waals surface area contributed by atoms with E-state index < -0.39 is 101 Å². The van der Waals surface area contributed by atoms with Crippen LogP contribution in [0.5, 0.6) is 5.75 Å². The molecular formula is C33H37FN2O15. The highest BCUT2D eigenvalue weighted by Crippen LogP contribution is 2.69. The van der Waals surface area contributed by atoms with Gasteiger partial charge in [0.1, 0.15) is 19.0 Å². The number of aliphatic hydroxyl groups excluding tert-OH is 2. The molecule has 18 heteroatoms. The van der Waals surface area contributed by atoms with Crippen LogP contribution in [0.4, 0.5) is 14.0 Å². The summed E-state index contributed by atoms with van der Waals surface area (Å²) < 4.78 is 31.8. The van der Waals surface area contributed by atoms with Gasteiger partial charge in [0.2, 0.25) is 5.78 Å². The van der Waals surface area contributed by atoms with Crippen molar-refractivity contribution < 1.29 is 72.9 Å². The highest BCUT2D eigenvalue weighted by Gasteiger charge is 2.76. The number of alkyl halides is 1. The summed E-state index contributed by atoms with van der Waals surface area (Å²) in [6, 6.07) is 3.37. The molecule has 276 valence electrons. The number of carbonyl (C=O) groups is 5. The molecule has 0 aliphatic heterocycles. The Kier molecular flexibility index (Phi) is 9.99. The van der Waals surface area contributed by atoms with Gasteiger partial charge in [0.25, 0.3) is 5.09 Å². The molecule has 1 unspecified atom stereocenters.